The lowest BCUT2D eigenvalue weighted by atomic mass is 10.1. The van der Waals surface area contributed by atoms with E-state index in [4.69, 9.17) is 0 Å². The van der Waals surface area contributed by atoms with Gasteiger partial charge in [-0.1, -0.05) is 24.3 Å². The summed E-state index contributed by atoms with van der Waals surface area (Å²) in [6.07, 6.45) is 4.58. The number of hydrogen-bond donors (Lipinski definition) is 1. The molecule has 0 atom stereocenters. The van der Waals surface area contributed by atoms with Gasteiger partial charge in [0.1, 0.15) is 5.82 Å². The van der Waals surface area contributed by atoms with Crippen LogP contribution in [0.15, 0.2) is 47.4 Å². The van der Waals surface area contributed by atoms with Gasteiger partial charge in [-0.3, -0.25) is 4.90 Å². The molecule has 1 fully saturated rings. The summed E-state index contributed by atoms with van der Waals surface area (Å²) >= 11 is 0. The summed E-state index contributed by atoms with van der Waals surface area (Å²) in [4.78, 5) is 2.55. The van der Waals surface area contributed by atoms with Crippen LogP contribution >= 0.6 is 0 Å². The fourth-order valence-electron chi connectivity index (χ4n) is 4.08. The topological polar surface area (TPSA) is 49.4 Å². The molecule has 0 amide bonds. The minimum Gasteiger partial charge on any atom is -0.299 e. The van der Waals surface area contributed by atoms with Gasteiger partial charge in [-0.2, -0.15) is 0 Å². The van der Waals surface area contributed by atoms with Crippen molar-refractivity contribution in [3.63, 3.8) is 0 Å². The first-order valence-electron chi connectivity index (χ1n) is 9.61. The van der Waals surface area contributed by atoms with Crippen molar-refractivity contribution in [3.8, 4) is 0 Å². The Balaban J connectivity index is 1.35. The maximum atomic E-state index is 13.8. The number of fused-ring (bicyclic) bond motifs is 1. The van der Waals surface area contributed by atoms with Gasteiger partial charge in [0.15, 0.2) is 0 Å². The monoisotopic (exact) mass is 388 g/mol. The minimum absolute atomic E-state index is 0.0693. The van der Waals surface area contributed by atoms with Crippen LogP contribution in [0.4, 0.5) is 4.39 Å². The third-order valence-corrected chi connectivity index (χ3v) is 7.16. The molecule has 1 heterocycles. The second-order valence-electron chi connectivity index (χ2n) is 7.55. The molecule has 4 rings (SSSR count). The molecular formula is C21H25FN2O2S. The van der Waals surface area contributed by atoms with E-state index < -0.39 is 10.0 Å². The molecule has 1 aliphatic heterocycles. The first-order valence-corrected chi connectivity index (χ1v) is 11.1. The van der Waals surface area contributed by atoms with Gasteiger partial charge < -0.3 is 0 Å². The fraction of sp³-hybridized carbons (Fsp3) is 0.429. The van der Waals surface area contributed by atoms with Crippen molar-refractivity contribution >= 4 is 10.0 Å². The van der Waals surface area contributed by atoms with E-state index in [0.29, 0.717) is 17.0 Å². The SMILES string of the molecule is O=S(=O)(NC1CCN(Cc2ccccc2F)CC1)c1ccc2c(c1)CCC2. The summed E-state index contributed by atoms with van der Waals surface area (Å²) in [7, 11) is -3.49. The average molecular weight is 389 g/mol. The Hall–Kier alpha value is -1.76. The van der Waals surface area contributed by atoms with E-state index in [1.807, 2.05) is 18.2 Å². The highest BCUT2D eigenvalue weighted by Crippen LogP contribution is 2.25. The van der Waals surface area contributed by atoms with Gasteiger partial charge in [0.05, 0.1) is 4.90 Å². The summed E-state index contributed by atoms with van der Waals surface area (Å²) in [5, 5.41) is 0. The molecule has 27 heavy (non-hydrogen) atoms. The van der Waals surface area contributed by atoms with Gasteiger partial charge in [-0.25, -0.2) is 17.5 Å². The maximum Gasteiger partial charge on any atom is 0.240 e. The third kappa shape index (κ3) is 4.23. The molecule has 1 N–H and O–H groups in total. The van der Waals surface area contributed by atoms with Crippen LogP contribution in [0, 0.1) is 5.82 Å². The third-order valence-electron chi connectivity index (χ3n) is 5.64. The summed E-state index contributed by atoms with van der Waals surface area (Å²) < 4.78 is 42.2. The number of nitrogens with one attached hydrogen (secondary N) is 1. The number of rotatable bonds is 5. The first kappa shape index (κ1) is 18.6. The van der Waals surface area contributed by atoms with Crippen LogP contribution < -0.4 is 4.72 Å². The van der Waals surface area contributed by atoms with Gasteiger partial charge in [-0.15, -0.1) is 0 Å². The molecule has 2 aromatic carbocycles. The smallest absolute Gasteiger partial charge is 0.240 e. The Labute approximate surface area is 160 Å². The standard InChI is InChI=1S/C21H25FN2O2S/c22-21-7-2-1-4-18(21)15-24-12-10-19(11-13-24)23-27(25,26)20-9-8-16-5-3-6-17(16)14-20/h1-2,4,7-9,14,19,23H,3,5-6,10-13,15H2. The zero-order valence-electron chi connectivity index (χ0n) is 15.3. The molecule has 1 aliphatic carbocycles. The fourth-order valence-corrected chi connectivity index (χ4v) is 5.43. The Morgan fingerprint density at radius 3 is 2.56 bits per heavy atom. The van der Waals surface area contributed by atoms with Gasteiger partial charge in [0, 0.05) is 31.2 Å². The second-order valence-corrected chi connectivity index (χ2v) is 9.26. The summed E-state index contributed by atoms with van der Waals surface area (Å²) in [6.45, 7) is 2.08. The second kappa shape index (κ2) is 7.70. The van der Waals surface area contributed by atoms with E-state index in [1.54, 1.807) is 18.2 Å². The minimum atomic E-state index is -3.49. The van der Waals surface area contributed by atoms with Crippen LogP contribution in [-0.4, -0.2) is 32.4 Å². The molecular weight excluding hydrogens is 363 g/mol. The highest BCUT2D eigenvalue weighted by atomic mass is 32.2. The Morgan fingerprint density at radius 1 is 1.04 bits per heavy atom. The molecule has 1 saturated heterocycles. The number of sulfonamides is 1. The summed E-state index contributed by atoms with van der Waals surface area (Å²) in [6, 6.07) is 12.3. The number of halogens is 1. The van der Waals surface area contributed by atoms with Gasteiger partial charge in [0.2, 0.25) is 10.0 Å². The van der Waals surface area contributed by atoms with Crippen LogP contribution in [0.1, 0.15) is 36.0 Å². The molecule has 0 aromatic heterocycles. The lowest BCUT2D eigenvalue weighted by Crippen LogP contribution is -2.44. The average Bonchev–Trinajstić information content (AvgIpc) is 3.13. The van der Waals surface area contributed by atoms with Crippen molar-refractivity contribution in [3.05, 3.63) is 65.0 Å². The van der Waals surface area contributed by atoms with Crippen LogP contribution in [0.25, 0.3) is 0 Å². The Kier molecular flexibility index (Phi) is 5.30. The van der Waals surface area contributed by atoms with E-state index in [-0.39, 0.29) is 11.9 Å². The maximum absolute atomic E-state index is 13.8. The number of likely N-dealkylation sites (tertiary alicyclic amines) is 1. The molecule has 2 aliphatic rings. The molecule has 0 saturated carbocycles. The first-order chi connectivity index (χ1) is 13.0. The molecule has 4 nitrogen and oxygen atoms in total. The molecule has 0 bridgehead atoms. The Bertz CT molecular complexity index is 922. The number of hydrogen-bond acceptors (Lipinski definition) is 3. The summed E-state index contributed by atoms with van der Waals surface area (Å²) in [5.74, 6) is -0.183. The van der Waals surface area contributed by atoms with Gasteiger partial charge in [0.25, 0.3) is 0 Å². The molecule has 6 heteroatoms. The van der Waals surface area contributed by atoms with Crippen molar-refractivity contribution in [2.45, 2.75) is 49.6 Å². The lowest BCUT2D eigenvalue weighted by Gasteiger charge is -2.32. The van der Waals surface area contributed by atoms with Crippen molar-refractivity contribution in [1.29, 1.82) is 0 Å². The largest absolute Gasteiger partial charge is 0.299 e. The lowest BCUT2D eigenvalue weighted by molar-refractivity contribution is 0.198. The zero-order valence-corrected chi connectivity index (χ0v) is 16.1. The number of piperidine rings is 1. The zero-order chi connectivity index (χ0) is 18.9. The van der Waals surface area contributed by atoms with Crippen molar-refractivity contribution in [1.82, 2.24) is 9.62 Å². The van der Waals surface area contributed by atoms with Crippen molar-refractivity contribution in [2.75, 3.05) is 13.1 Å². The number of nitrogens with zero attached hydrogens (tertiary/aromatic N) is 1. The van der Waals surface area contributed by atoms with Crippen LogP contribution in [0.5, 0.6) is 0 Å². The van der Waals surface area contributed by atoms with Crippen molar-refractivity contribution in [2.24, 2.45) is 0 Å². The van der Waals surface area contributed by atoms with E-state index in [2.05, 4.69) is 9.62 Å². The summed E-state index contributed by atoms with van der Waals surface area (Å²) in [5.41, 5.74) is 3.13. The van der Waals surface area contributed by atoms with E-state index in [0.717, 1.165) is 50.8 Å². The van der Waals surface area contributed by atoms with E-state index >= 15 is 0 Å². The van der Waals surface area contributed by atoms with Crippen LogP contribution in [0.2, 0.25) is 0 Å². The number of aryl methyl sites for hydroxylation is 2. The van der Waals surface area contributed by atoms with Crippen molar-refractivity contribution < 1.29 is 12.8 Å². The van der Waals surface area contributed by atoms with Gasteiger partial charge in [-0.05, 0) is 61.4 Å². The van der Waals surface area contributed by atoms with E-state index in [9.17, 15) is 12.8 Å². The number of benzene rings is 2. The normalized spacial score (nSPS) is 18.6. The molecule has 0 unspecified atom stereocenters. The van der Waals surface area contributed by atoms with E-state index in [1.165, 1.54) is 11.6 Å². The molecule has 2 aromatic rings. The predicted octanol–water partition coefficient (Wildman–Crippen LogP) is 3.26. The molecule has 0 radical (unpaired) electrons. The van der Waals surface area contributed by atoms with Crippen LogP contribution in [0.3, 0.4) is 0 Å². The Morgan fingerprint density at radius 2 is 1.78 bits per heavy atom. The molecule has 144 valence electrons. The quantitative estimate of drug-likeness (QED) is 0.855. The van der Waals surface area contributed by atoms with Gasteiger partial charge >= 0.3 is 0 Å². The highest BCUT2D eigenvalue weighted by Gasteiger charge is 2.26. The van der Waals surface area contributed by atoms with Crippen LogP contribution in [-0.2, 0) is 29.4 Å². The highest BCUT2D eigenvalue weighted by molar-refractivity contribution is 7.89. The predicted molar refractivity (Wildman–Crippen MR) is 103 cm³/mol. The molecule has 0 spiro atoms.